The van der Waals surface area contributed by atoms with Gasteiger partial charge in [-0.05, 0) is 38.6 Å². The molecule has 1 rings (SSSR count). The lowest BCUT2D eigenvalue weighted by Crippen LogP contribution is -2.34. The summed E-state index contributed by atoms with van der Waals surface area (Å²) in [6, 6.07) is 0. The molecule has 1 saturated carbocycles. The molecule has 0 bridgehead atoms. The van der Waals surface area contributed by atoms with Crippen molar-refractivity contribution in [1.82, 2.24) is 0 Å². The Balaban J connectivity index is 2.67. The first kappa shape index (κ1) is 13.0. The Bertz CT molecular complexity index is 287. The van der Waals surface area contributed by atoms with E-state index >= 15 is 0 Å². The average Bonchev–Trinajstić information content (AvgIpc) is 2.18. The second-order valence-corrected chi connectivity index (χ2v) is 7.52. The van der Waals surface area contributed by atoms with Crippen LogP contribution in [0.5, 0.6) is 0 Å². The lowest BCUT2D eigenvalue weighted by atomic mass is 9.91. The standard InChI is InChI=1S/C11H23NO2S/c1-9-4-3-5-11(8-9)15(13,14)10(2)6-7-12/h9-11H,3-8,12H2,1-2H3. The van der Waals surface area contributed by atoms with Gasteiger partial charge in [-0.2, -0.15) is 0 Å². The van der Waals surface area contributed by atoms with Crippen LogP contribution in [-0.2, 0) is 9.84 Å². The molecule has 0 radical (unpaired) electrons. The minimum Gasteiger partial charge on any atom is -0.330 e. The number of hydrogen-bond acceptors (Lipinski definition) is 3. The zero-order chi connectivity index (χ0) is 11.5. The highest BCUT2D eigenvalue weighted by atomic mass is 32.2. The Labute approximate surface area is 93.3 Å². The van der Waals surface area contributed by atoms with Crippen LogP contribution in [0, 0.1) is 5.92 Å². The van der Waals surface area contributed by atoms with Crippen molar-refractivity contribution in [3.8, 4) is 0 Å². The smallest absolute Gasteiger partial charge is 0.155 e. The predicted octanol–water partition coefficient (Wildman–Crippen LogP) is 1.72. The highest BCUT2D eigenvalue weighted by Gasteiger charge is 2.33. The summed E-state index contributed by atoms with van der Waals surface area (Å²) in [4.78, 5) is 0. The number of sulfone groups is 1. The van der Waals surface area contributed by atoms with Gasteiger partial charge < -0.3 is 5.73 Å². The molecule has 0 spiro atoms. The topological polar surface area (TPSA) is 60.2 Å². The van der Waals surface area contributed by atoms with Crippen molar-refractivity contribution in [1.29, 1.82) is 0 Å². The second kappa shape index (κ2) is 5.30. The van der Waals surface area contributed by atoms with Crippen molar-refractivity contribution in [3.63, 3.8) is 0 Å². The molecule has 3 unspecified atom stereocenters. The van der Waals surface area contributed by atoms with Crippen molar-refractivity contribution in [2.75, 3.05) is 6.54 Å². The minimum absolute atomic E-state index is 0.109. The van der Waals surface area contributed by atoms with Gasteiger partial charge in [0.05, 0.1) is 10.5 Å². The van der Waals surface area contributed by atoms with Crippen molar-refractivity contribution in [2.45, 2.75) is 56.5 Å². The molecule has 0 aromatic heterocycles. The summed E-state index contributed by atoms with van der Waals surface area (Å²) in [7, 11) is -2.94. The maximum Gasteiger partial charge on any atom is 0.155 e. The quantitative estimate of drug-likeness (QED) is 0.804. The van der Waals surface area contributed by atoms with E-state index in [0.29, 0.717) is 18.9 Å². The number of nitrogens with two attached hydrogens (primary N) is 1. The molecule has 0 aromatic carbocycles. The first-order valence-corrected chi connectivity index (χ1v) is 7.52. The van der Waals surface area contributed by atoms with E-state index in [1.165, 1.54) is 6.42 Å². The van der Waals surface area contributed by atoms with Gasteiger partial charge in [0, 0.05) is 0 Å². The molecular formula is C11H23NO2S. The maximum absolute atomic E-state index is 12.2. The van der Waals surface area contributed by atoms with Crippen molar-refractivity contribution in [3.05, 3.63) is 0 Å². The fourth-order valence-electron chi connectivity index (χ4n) is 2.40. The van der Waals surface area contributed by atoms with Crippen LogP contribution in [0.2, 0.25) is 0 Å². The van der Waals surface area contributed by atoms with Crippen LogP contribution in [0.4, 0.5) is 0 Å². The molecule has 1 aliphatic carbocycles. The van der Waals surface area contributed by atoms with Crippen LogP contribution in [0.25, 0.3) is 0 Å². The normalized spacial score (nSPS) is 30.1. The minimum atomic E-state index is -2.94. The summed E-state index contributed by atoms with van der Waals surface area (Å²) in [6.45, 7) is 4.40. The maximum atomic E-state index is 12.2. The third-order valence-electron chi connectivity index (χ3n) is 3.49. The van der Waals surface area contributed by atoms with Crippen LogP contribution in [0.1, 0.15) is 46.0 Å². The Morgan fingerprint density at radius 1 is 1.40 bits per heavy atom. The fourth-order valence-corrected chi connectivity index (χ4v) is 4.62. The molecule has 0 aromatic rings. The Kier molecular flexibility index (Phi) is 4.59. The van der Waals surface area contributed by atoms with Crippen LogP contribution in [0.3, 0.4) is 0 Å². The van der Waals surface area contributed by atoms with Gasteiger partial charge in [0.2, 0.25) is 0 Å². The highest BCUT2D eigenvalue weighted by Crippen LogP contribution is 2.30. The molecule has 90 valence electrons. The first-order valence-electron chi connectivity index (χ1n) is 5.91. The predicted molar refractivity (Wildman–Crippen MR) is 63.5 cm³/mol. The first-order chi connectivity index (χ1) is 6.98. The molecule has 2 N–H and O–H groups in total. The van der Waals surface area contributed by atoms with E-state index < -0.39 is 9.84 Å². The lowest BCUT2D eigenvalue weighted by Gasteiger charge is -2.28. The van der Waals surface area contributed by atoms with Crippen molar-refractivity contribution >= 4 is 9.84 Å². The average molecular weight is 233 g/mol. The molecule has 4 heteroatoms. The van der Waals surface area contributed by atoms with Crippen LogP contribution < -0.4 is 5.73 Å². The Morgan fingerprint density at radius 3 is 2.60 bits per heavy atom. The third kappa shape index (κ3) is 3.18. The van der Waals surface area contributed by atoms with Crippen LogP contribution in [-0.4, -0.2) is 25.5 Å². The summed E-state index contributed by atoms with van der Waals surface area (Å²) >= 11 is 0. The summed E-state index contributed by atoms with van der Waals surface area (Å²) in [5.74, 6) is 0.559. The van der Waals surface area contributed by atoms with E-state index in [1.807, 2.05) is 0 Å². The monoisotopic (exact) mass is 233 g/mol. The SMILES string of the molecule is CC1CCCC(S(=O)(=O)C(C)CCN)C1. The zero-order valence-corrected chi connectivity index (χ0v) is 10.6. The Morgan fingerprint density at radius 2 is 2.07 bits per heavy atom. The fraction of sp³-hybridized carbons (Fsp3) is 1.00. The molecule has 0 heterocycles. The molecule has 0 amide bonds. The molecule has 1 aliphatic rings. The molecule has 0 aliphatic heterocycles. The third-order valence-corrected chi connectivity index (χ3v) is 6.20. The lowest BCUT2D eigenvalue weighted by molar-refractivity contribution is 0.380. The molecule has 3 nitrogen and oxygen atoms in total. The van der Waals surface area contributed by atoms with Gasteiger partial charge >= 0.3 is 0 Å². The van der Waals surface area contributed by atoms with E-state index in [-0.39, 0.29) is 10.5 Å². The molecule has 1 fully saturated rings. The molecular weight excluding hydrogens is 210 g/mol. The van der Waals surface area contributed by atoms with E-state index in [2.05, 4.69) is 6.92 Å². The van der Waals surface area contributed by atoms with Crippen molar-refractivity contribution in [2.24, 2.45) is 11.7 Å². The number of rotatable bonds is 4. The van der Waals surface area contributed by atoms with E-state index in [1.54, 1.807) is 6.92 Å². The van der Waals surface area contributed by atoms with Crippen LogP contribution >= 0.6 is 0 Å². The van der Waals surface area contributed by atoms with Gasteiger partial charge in [-0.1, -0.05) is 19.8 Å². The van der Waals surface area contributed by atoms with Gasteiger partial charge in [0.25, 0.3) is 0 Å². The second-order valence-electron chi connectivity index (χ2n) is 4.87. The molecule has 3 atom stereocenters. The number of hydrogen-bond donors (Lipinski definition) is 1. The summed E-state index contributed by atoms with van der Waals surface area (Å²) in [5.41, 5.74) is 5.42. The van der Waals surface area contributed by atoms with Gasteiger partial charge in [-0.15, -0.1) is 0 Å². The molecule has 15 heavy (non-hydrogen) atoms. The van der Waals surface area contributed by atoms with Crippen LogP contribution in [0.15, 0.2) is 0 Å². The van der Waals surface area contributed by atoms with Gasteiger partial charge in [0.1, 0.15) is 0 Å². The van der Waals surface area contributed by atoms with E-state index in [0.717, 1.165) is 19.3 Å². The summed E-state index contributed by atoms with van der Waals surface area (Å²) in [5, 5.41) is -0.374. The van der Waals surface area contributed by atoms with Crippen molar-refractivity contribution < 1.29 is 8.42 Å². The molecule has 0 saturated heterocycles. The Hall–Kier alpha value is -0.0900. The van der Waals surface area contributed by atoms with Gasteiger partial charge in [-0.3, -0.25) is 0 Å². The highest BCUT2D eigenvalue weighted by molar-refractivity contribution is 7.92. The summed E-state index contributed by atoms with van der Waals surface area (Å²) in [6.07, 6.45) is 4.52. The van der Waals surface area contributed by atoms with Gasteiger partial charge in [0.15, 0.2) is 9.84 Å². The largest absolute Gasteiger partial charge is 0.330 e. The zero-order valence-electron chi connectivity index (χ0n) is 9.78. The van der Waals surface area contributed by atoms with Gasteiger partial charge in [-0.25, -0.2) is 8.42 Å². The van der Waals surface area contributed by atoms with E-state index in [4.69, 9.17) is 5.73 Å². The summed E-state index contributed by atoms with van der Waals surface area (Å²) < 4.78 is 24.3. The van der Waals surface area contributed by atoms with E-state index in [9.17, 15) is 8.42 Å².